The number of halogens is 1. The quantitative estimate of drug-likeness (QED) is 0.536. The van der Waals surface area contributed by atoms with Crippen molar-refractivity contribution >= 4 is 29.4 Å². The average molecular weight is 374 g/mol. The van der Waals surface area contributed by atoms with Crippen LogP contribution in [0.15, 0.2) is 44.3 Å². The molecule has 8 nitrogen and oxygen atoms in total. The Morgan fingerprint density at radius 2 is 1.92 bits per heavy atom. The number of hydrogen-bond acceptors (Lipinski definition) is 5. The molecule has 0 spiro atoms. The minimum absolute atomic E-state index is 0.222. The van der Waals surface area contributed by atoms with E-state index in [0.29, 0.717) is 16.5 Å². The van der Waals surface area contributed by atoms with Gasteiger partial charge in [-0.15, -0.1) is 0 Å². The van der Waals surface area contributed by atoms with Crippen molar-refractivity contribution in [1.82, 2.24) is 9.97 Å². The number of rotatable bonds is 4. The van der Waals surface area contributed by atoms with Gasteiger partial charge in [0.1, 0.15) is 17.2 Å². The molecule has 1 aromatic carbocycles. The molecule has 0 bridgehead atoms. The van der Waals surface area contributed by atoms with Crippen molar-refractivity contribution in [3.8, 4) is 11.3 Å². The zero-order chi connectivity index (χ0) is 18.8. The molecule has 0 saturated heterocycles. The van der Waals surface area contributed by atoms with Crippen LogP contribution in [0.1, 0.15) is 17.0 Å². The highest BCUT2D eigenvalue weighted by atomic mass is 35.5. The normalized spacial score (nSPS) is 11.2. The highest BCUT2D eigenvalue weighted by molar-refractivity contribution is 6.30. The van der Waals surface area contributed by atoms with Crippen molar-refractivity contribution in [3.05, 3.63) is 83.3 Å². The maximum absolute atomic E-state index is 11.6. The molecule has 3 rings (SSSR count). The average Bonchev–Trinajstić information content (AvgIpc) is 3.03. The van der Waals surface area contributed by atoms with Crippen molar-refractivity contribution < 1.29 is 9.34 Å². The predicted octanol–water partition coefficient (Wildman–Crippen LogP) is 3.36. The predicted molar refractivity (Wildman–Crippen MR) is 97.2 cm³/mol. The largest absolute Gasteiger partial charge is 0.457 e. The van der Waals surface area contributed by atoms with Crippen molar-refractivity contribution in [2.45, 2.75) is 6.92 Å². The molecule has 0 fully saturated rings. The molecule has 0 unspecified atom stereocenters. The van der Waals surface area contributed by atoms with Gasteiger partial charge in [0.2, 0.25) is 0 Å². The summed E-state index contributed by atoms with van der Waals surface area (Å²) in [4.78, 5) is 37.1. The number of furan rings is 1. The van der Waals surface area contributed by atoms with E-state index < -0.39 is 21.9 Å². The van der Waals surface area contributed by atoms with Crippen LogP contribution >= 0.6 is 11.6 Å². The minimum atomic E-state index is -1.08. The van der Waals surface area contributed by atoms with Crippen molar-refractivity contribution in [2.75, 3.05) is 0 Å². The van der Waals surface area contributed by atoms with E-state index in [1.165, 1.54) is 12.2 Å². The molecule has 0 radical (unpaired) electrons. The molecular formula is C17H12ClN3O5. The molecule has 0 aliphatic heterocycles. The Morgan fingerprint density at radius 1 is 1.15 bits per heavy atom. The second-order valence-electron chi connectivity index (χ2n) is 5.42. The third-order valence-electron chi connectivity index (χ3n) is 3.63. The summed E-state index contributed by atoms with van der Waals surface area (Å²) in [5.41, 5.74) is -1.11. The third-order valence-corrected chi connectivity index (χ3v) is 3.87. The van der Waals surface area contributed by atoms with Crippen LogP contribution in [0.2, 0.25) is 5.02 Å². The standard InChI is InChI=1S/C17H12ClN3O5/c1-9-2-3-10(18)8-12(9)14-7-5-11(26-14)4-6-13-15(21(24)25)16(22)20-17(23)19-13/h2-8H,1H3,(H2,19,20,22,23). The molecule has 0 amide bonds. The fourth-order valence-electron chi connectivity index (χ4n) is 2.41. The second kappa shape index (κ2) is 6.85. The SMILES string of the molecule is Cc1ccc(Cl)cc1-c1ccc(C=Cc2[nH]c(=O)[nH]c(=O)c2[N+](=O)[O-])o1. The molecule has 3 aromatic rings. The van der Waals surface area contributed by atoms with Gasteiger partial charge in [0.15, 0.2) is 0 Å². The number of hydrogen-bond donors (Lipinski definition) is 2. The fourth-order valence-corrected chi connectivity index (χ4v) is 2.58. The van der Waals surface area contributed by atoms with Crippen LogP contribution in [0.3, 0.4) is 0 Å². The topological polar surface area (TPSA) is 122 Å². The summed E-state index contributed by atoms with van der Waals surface area (Å²) in [7, 11) is 0. The number of benzene rings is 1. The number of nitro groups is 1. The van der Waals surface area contributed by atoms with E-state index >= 15 is 0 Å². The molecule has 2 aromatic heterocycles. The van der Waals surface area contributed by atoms with Gasteiger partial charge >= 0.3 is 16.9 Å². The van der Waals surface area contributed by atoms with Gasteiger partial charge in [0.25, 0.3) is 0 Å². The van der Waals surface area contributed by atoms with Crippen LogP contribution in [-0.4, -0.2) is 14.9 Å². The molecule has 132 valence electrons. The summed E-state index contributed by atoms with van der Waals surface area (Å²) in [5.74, 6) is 0.952. The van der Waals surface area contributed by atoms with Crippen LogP contribution in [-0.2, 0) is 0 Å². The van der Waals surface area contributed by atoms with Gasteiger partial charge in [0, 0.05) is 10.6 Å². The number of aromatic nitrogens is 2. The Kier molecular flexibility index (Phi) is 4.59. The lowest BCUT2D eigenvalue weighted by Gasteiger charge is -2.02. The van der Waals surface area contributed by atoms with E-state index in [1.54, 1.807) is 24.3 Å². The first-order valence-electron chi connectivity index (χ1n) is 7.40. The van der Waals surface area contributed by atoms with Gasteiger partial charge < -0.3 is 9.40 Å². The highest BCUT2D eigenvalue weighted by Crippen LogP contribution is 2.28. The van der Waals surface area contributed by atoms with E-state index in [-0.39, 0.29) is 5.69 Å². The molecule has 0 aliphatic rings. The van der Waals surface area contributed by atoms with E-state index in [1.807, 2.05) is 18.0 Å². The molecule has 26 heavy (non-hydrogen) atoms. The summed E-state index contributed by atoms with van der Waals surface area (Å²) < 4.78 is 5.69. The number of nitrogens with zero attached hydrogens (tertiary/aromatic N) is 1. The Morgan fingerprint density at radius 3 is 2.65 bits per heavy atom. The van der Waals surface area contributed by atoms with Gasteiger partial charge in [-0.05, 0) is 48.9 Å². The van der Waals surface area contributed by atoms with Gasteiger partial charge in [0.05, 0.1) is 4.92 Å². The minimum Gasteiger partial charge on any atom is -0.457 e. The van der Waals surface area contributed by atoms with E-state index in [2.05, 4.69) is 4.98 Å². The first-order valence-corrected chi connectivity index (χ1v) is 7.78. The van der Waals surface area contributed by atoms with Crippen LogP contribution in [0.5, 0.6) is 0 Å². The van der Waals surface area contributed by atoms with E-state index in [4.69, 9.17) is 16.0 Å². The Hall–Kier alpha value is -3.39. The maximum Gasteiger partial charge on any atom is 0.357 e. The maximum atomic E-state index is 11.6. The van der Waals surface area contributed by atoms with Crippen molar-refractivity contribution in [1.29, 1.82) is 0 Å². The lowest BCUT2D eigenvalue weighted by Crippen LogP contribution is -2.25. The number of H-pyrrole nitrogens is 2. The molecule has 0 aliphatic carbocycles. The van der Waals surface area contributed by atoms with Gasteiger partial charge in [-0.25, -0.2) is 4.79 Å². The summed E-state index contributed by atoms with van der Waals surface area (Å²) in [5, 5.41) is 11.6. The van der Waals surface area contributed by atoms with Crippen LogP contribution in [0.4, 0.5) is 5.69 Å². The number of aromatic amines is 2. The first-order chi connectivity index (χ1) is 12.3. The van der Waals surface area contributed by atoms with E-state index in [9.17, 15) is 19.7 Å². The van der Waals surface area contributed by atoms with E-state index in [0.717, 1.165) is 11.1 Å². The highest BCUT2D eigenvalue weighted by Gasteiger charge is 2.19. The van der Waals surface area contributed by atoms with Crippen molar-refractivity contribution in [3.63, 3.8) is 0 Å². The Bertz CT molecular complexity index is 1140. The molecule has 2 N–H and O–H groups in total. The third kappa shape index (κ3) is 3.50. The Labute approximate surface area is 150 Å². The lowest BCUT2D eigenvalue weighted by atomic mass is 10.1. The summed E-state index contributed by atoms with van der Waals surface area (Å²) in [6.07, 6.45) is 2.66. The molecule has 0 atom stereocenters. The second-order valence-corrected chi connectivity index (χ2v) is 5.86. The van der Waals surface area contributed by atoms with Crippen molar-refractivity contribution in [2.24, 2.45) is 0 Å². The van der Waals surface area contributed by atoms with Gasteiger partial charge in [-0.1, -0.05) is 17.7 Å². The molecule has 9 heteroatoms. The van der Waals surface area contributed by atoms with Crippen LogP contribution in [0, 0.1) is 17.0 Å². The summed E-state index contributed by atoms with van der Waals surface area (Å²) in [6.45, 7) is 1.91. The molecule has 2 heterocycles. The molecular weight excluding hydrogens is 362 g/mol. The van der Waals surface area contributed by atoms with Crippen LogP contribution in [0.25, 0.3) is 23.5 Å². The summed E-state index contributed by atoms with van der Waals surface area (Å²) >= 11 is 6.01. The summed E-state index contributed by atoms with van der Waals surface area (Å²) in [6, 6.07) is 8.78. The number of nitrogens with one attached hydrogen (secondary N) is 2. The van der Waals surface area contributed by atoms with Gasteiger partial charge in [-0.2, -0.15) is 0 Å². The number of aryl methyl sites for hydroxylation is 1. The van der Waals surface area contributed by atoms with Crippen LogP contribution < -0.4 is 11.2 Å². The lowest BCUT2D eigenvalue weighted by molar-refractivity contribution is -0.386. The monoisotopic (exact) mass is 373 g/mol. The zero-order valence-corrected chi connectivity index (χ0v) is 14.2. The Balaban J connectivity index is 1.98. The molecule has 0 saturated carbocycles. The fraction of sp³-hybridized carbons (Fsp3) is 0.0588. The first kappa shape index (κ1) is 17.4. The van der Waals surface area contributed by atoms with Gasteiger partial charge in [-0.3, -0.25) is 19.9 Å². The smallest absolute Gasteiger partial charge is 0.357 e. The zero-order valence-electron chi connectivity index (χ0n) is 13.4.